The number of rotatable bonds is 6. The second-order valence-corrected chi connectivity index (χ2v) is 7.59. The monoisotopic (exact) mass is 388 g/mol. The fourth-order valence-corrected chi connectivity index (χ4v) is 3.81. The Hall–Kier alpha value is -2.48. The van der Waals surface area contributed by atoms with E-state index in [1.54, 1.807) is 11.8 Å². The first-order chi connectivity index (χ1) is 13.1. The van der Waals surface area contributed by atoms with Crippen molar-refractivity contribution in [2.75, 3.05) is 25.0 Å². The highest BCUT2D eigenvalue weighted by atomic mass is 32.1. The number of esters is 1. The summed E-state index contributed by atoms with van der Waals surface area (Å²) in [7, 11) is 0. The number of carbonyl (C=O) groups excluding carboxylic acids is 2. The minimum Gasteiger partial charge on any atom is -0.466 e. The summed E-state index contributed by atoms with van der Waals surface area (Å²) in [5, 5.41) is 12.9. The van der Waals surface area contributed by atoms with Gasteiger partial charge >= 0.3 is 5.97 Å². The van der Waals surface area contributed by atoms with E-state index in [-0.39, 0.29) is 24.2 Å². The van der Waals surface area contributed by atoms with Crippen LogP contribution in [0.4, 0.5) is 10.8 Å². The van der Waals surface area contributed by atoms with E-state index < -0.39 is 0 Å². The van der Waals surface area contributed by atoms with Gasteiger partial charge in [-0.3, -0.25) is 9.59 Å². The van der Waals surface area contributed by atoms with Crippen LogP contribution in [0, 0.1) is 12.8 Å². The zero-order valence-electron chi connectivity index (χ0n) is 15.6. The van der Waals surface area contributed by atoms with Crippen LogP contribution in [-0.4, -0.2) is 46.7 Å². The van der Waals surface area contributed by atoms with E-state index in [1.165, 1.54) is 11.3 Å². The highest BCUT2D eigenvalue weighted by molar-refractivity contribution is 7.15. The molecule has 1 aliphatic rings. The Labute approximate surface area is 162 Å². The number of anilines is 2. The number of piperidine rings is 1. The van der Waals surface area contributed by atoms with Crippen molar-refractivity contribution >= 4 is 34.0 Å². The predicted octanol–water partition coefficient (Wildman–Crippen LogP) is 2.93. The fourth-order valence-electron chi connectivity index (χ4n) is 3.07. The number of likely N-dealkylation sites (tertiary alicyclic amines) is 1. The highest BCUT2D eigenvalue weighted by Crippen LogP contribution is 2.24. The standard InChI is InChI=1S/C19H24N4O3S/c1-3-26-18(25)14-8-10-23(11-9-14)17(24)12-16-21-22-19(27-16)20-15-7-5-4-6-13(15)2/h4-7,14H,3,8-12H2,1-2H3,(H,20,22). The zero-order chi connectivity index (χ0) is 19.2. The Morgan fingerprint density at radius 2 is 2.00 bits per heavy atom. The van der Waals surface area contributed by atoms with Crippen molar-refractivity contribution in [3.63, 3.8) is 0 Å². The average molecular weight is 388 g/mol. The number of hydrogen-bond acceptors (Lipinski definition) is 7. The van der Waals surface area contributed by atoms with Gasteiger partial charge in [-0.05, 0) is 38.3 Å². The van der Waals surface area contributed by atoms with Crippen molar-refractivity contribution in [3.8, 4) is 0 Å². The van der Waals surface area contributed by atoms with Crippen LogP contribution in [0.3, 0.4) is 0 Å². The Kier molecular flexibility index (Phi) is 6.39. The Morgan fingerprint density at radius 1 is 1.26 bits per heavy atom. The second-order valence-electron chi connectivity index (χ2n) is 6.52. The van der Waals surface area contributed by atoms with Gasteiger partial charge in [-0.2, -0.15) is 0 Å². The van der Waals surface area contributed by atoms with Crippen LogP contribution >= 0.6 is 11.3 Å². The molecule has 0 aliphatic carbocycles. The van der Waals surface area contributed by atoms with E-state index in [0.29, 0.717) is 42.7 Å². The van der Waals surface area contributed by atoms with Gasteiger partial charge in [-0.1, -0.05) is 29.5 Å². The number of amides is 1. The van der Waals surface area contributed by atoms with Crippen LogP contribution in [0.25, 0.3) is 0 Å². The van der Waals surface area contributed by atoms with Crippen LogP contribution in [-0.2, 0) is 20.7 Å². The van der Waals surface area contributed by atoms with Gasteiger partial charge in [-0.15, -0.1) is 10.2 Å². The first kappa shape index (κ1) is 19.3. The lowest BCUT2D eigenvalue weighted by atomic mass is 9.97. The summed E-state index contributed by atoms with van der Waals surface area (Å²) in [6.45, 7) is 5.38. The van der Waals surface area contributed by atoms with Gasteiger partial charge in [0.2, 0.25) is 11.0 Å². The van der Waals surface area contributed by atoms with Gasteiger partial charge in [-0.25, -0.2) is 0 Å². The maximum Gasteiger partial charge on any atom is 0.309 e. The summed E-state index contributed by atoms with van der Waals surface area (Å²) in [6, 6.07) is 7.94. The Bertz CT molecular complexity index is 800. The van der Waals surface area contributed by atoms with E-state index in [4.69, 9.17) is 4.74 Å². The second kappa shape index (κ2) is 8.94. The lowest BCUT2D eigenvalue weighted by molar-refractivity contribution is -0.151. The molecule has 0 atom stereocenters. The average Bonchev–Trinajstić information content (AvgIpc) is 3.11. The first-order valence-electron chi connectivity index (χ1n) is 9.16. The summed E-state index contributed by atoms with van der Waals surface area (Å²) in [5.41, 5.74) is 2.10. The van der Waals surface area contributed by atoms with Crippen molar-refractivity contribution < 1.29 is 14.3 Å². The van der Waals surface area contributed by atoms with Crippen LogP contribution < -0.4 is 5.32 Å². The molecule has 3 rings (SSSR count). The molecule has 8 heteroatoms. The summed E-state index contributed by atoms with van der Waals surface area (Å²) >= 11 is 1.39. The van der Waals surface area contributed by atoms with Gasteiger partial charge in [0.25, 0.3) is 0 Å². The molecule has 0 unspecified atom stereocenters. The number of benzene rings is 1. The summed E-state index contributed by atoms with van der Waals surface area (Å²) in [6.07, 6.45) is 1.54. The van der Waals surface area contributed by atoms with Crippen molar-refractivity contribution in [1.82, 2.24) is 15.1 Å². The molecule has 1 aromatic carbocycles. The number of aryl methyl sites for hydroxylation is 1. The lowest BCUT2D eigenvalue weighted by Gasteiger charge is -2.30. The van der Waals surface area contributed by atoms with Crippen molar-refractivity contribution in [1.29, 1.82) is 0 Å². The van der Waals surface area contributed by atoms with Gasteiger partial charge in [0.1, 0.15) is 5.01 Å². The van der Waals surface area contributed by atoms with Crippen molar-refractivity contribution in [3.05, 3.63) is 34.8 Å². The first-order valence-corrected chi connectivity index (χ1v) is 9.98. The Balaban J connectivity index is 1.51. The maximum absolute atomic E-state index is 12.5. The molecule has 2 heterocycles. The van der Waals surface area contributed by atoms with E-state index in [1.807, 2.05) is 31.2 Å². The molecule has 1 amide bonds. The van der Waals surface area contributed by atoms with Crippen LogP contribution in [0.15, 0.2) is 24.3 Å². The third-order valence-corrected chi connectivity index (χ3v) is 5.46. The molecular formula is C19H24N4O3S. The predicted molar refractivity (Wildman–Crippen MR) is 104 cm³/mol. The molecule has 1 N–H and O–H groups in total. The largest absolute Gasteiger partial charge is 0.466 e. The number of nitrogens with one attached hydrogen (secondary N) is 1. The SMILES string of the molecule is CCOC(=O)C1CCN(C(=O)Cc2nnc(Nc3ccccc3C)s2)CC1. The topological polar surface area (TPSA) is 84.4 Å². The number of aromatic nitrogens is 2. The number of carbonyl (C=O) groups is 2. The van der Waals surface area contributed by atoms with Gasteiger partial charge in [0.15, 0.2) is 0 Å². The molecule has 0 radical (unpaired) electrons. The number of hydrogen-bond donors (Lipinski definition) is 1. The fraction of sp³-hybridized carbons (Fsp3) is 0.474. The van der Waals surface area contributed by atoms with Crippen LogP contribution in [0.5, 0.6) is 0 Å². The minimum atomic E-state index is -0.152. The number of ether oxygens (including phenoxy) is 1. The smallest absolute Gasteiger partial charge is 0.309 e. The summed E-state index contributed by atoms with van der Waals surface area (Å²) in [4.78, 5) is 26.1. The molecule has 27 heavy (non-hydrogen) atoms. The maximum atomic E-state index is 12.5. The lowest BCUT2D eigenvalue weighted by Crippen LogP contribution is -2.41. The van der Waals surface area contributed by atoms with Gasteiger partial charge in [0.05, 0.1) is 18.9 Å². The Morgan fingerprint density at radius 3 is 2.70 bits per heavy atom. The number of nitrogens with zero attached hydrogens (tertiary/aromatic N) is 3. The van der Waals surface area contributed by atoms with Crippen LogP contribution in [0.1, 0.15) is 30.3 Å². The molecule has 1 saturated heterocycles. The molecule has 1 aliphatic heterocycles. The van der Waals surface area contributed by atoms with Gasteiger partial charge in [0, 0.05) is 18.8 Å². The third-order valence-electron chi connectivity index (χ3n) is 4.62. The quantitative estimate of drug-likeness (QED) is 0.766. The molecule has 7 nitrogen and oxygen atoms in total. The zero-order valence-corrected chi connectivity index (χ0v) is 16.4. The van der Waals surface area contributed by atoms with Crippen molar-refractivity contribution in [2.24, 2.45) is 5.92 Å². The third kappa shape index (κ3) is 5.03. The van der Waals surface area contributed by atoms with Gasteiger partial charge < -0.3 is 15.0 Å². The molecule has 1 fully saturated rings. The molecule has 144 valence electrons. The minimum absolute atomic E-state index is 0.0240. The van der Waals surface area contributed by atoms with Crippen molar-refractivity contribution in [2.45, 2.75) is 33.1 Å². The summed E-state index contributed by atoms with van der Waals surface area (Å²) < 4.78 is 5.07. The molecule has 2 aromatic rings. The molecule has 0 bridgehead atoms. The molecular weight excluding hydrogens is 364 g/mol. The normalized spacial score (nSPS) is 14.8. The molecule has 0 saturated carbocycles. The molecule has 0 spiro atoms. The molecule has 1 aromatic heterocycles. The van der Waals surface area contributed by atoms with E-state index >= 15 is 0 Å². The van der Waals surface area contributed by atoms with E-state index in [2.05, 4.69) is 15.5 Å². The highest BCUT2D eigenvalue weighted by Gasteiger charge is 2.28. The number of para-hydroxylation sites is 1. The van der Waals surface area contributed by atoms with Crippen LogP contribution in [0.2, 0.25) is 0 Å². The summed E-state index contributed by atoms with van der Waals surface area (Å²) in [5.74, 6) is -0.225. The van der Waals surface area contributed by atoms with E-state index in [9.17, 15) is 9.59 Å². The van der Waals surface area contributed by atoms with E-state index in [0.717, 1.165) is 11.3 Å².